The van der Waals surface area contributed by atoms with Crippen LogP contribution in [0.2, 0.25) is 5.02 Å². The summed E-state index contributed by atoms with van der Waals surface area (Å²) in [6.07, 6.45) is 3.47. The summed E-state index contributed by atoms with van der Waals surface area (Å²) in [5.41, 5.74) is 1.34. The highest BCUT2D eigenvalue weighted by atomic mass is 35.5. The highest BCUT2D eigenvalue weighted by Crippen LogP contribution is 2.14. The number of rotatable bonds is 7. The van der Waals surface area contributed by atoms with Crippen molar-refractivity contribution in [2.75, 3.05) is 30.3 Å². The summed E-state index contributed by atoms with van der Waals surface area (Å²) in [7, 11) is 0. The van der Waals surface area contributed by atoms with Gasteiger partial charge in [-0.25, -0.2) is 4.79 Å². The number of nitrogens with one attached hydrogen (secondary N) is 2. The molecule has 7 heteroatoms. The molecule has 2 amide bonds. The zero-order valence-electron chi connectivity index (χ0n) is 13.4. The topological polar surface area (TPSA) is 62.2 Å². The zero-order valence-corrected chi connectivity index (χ0v) is 14.2. The van der Waals surface area contributed by atoms with E-state index in [-0.39, 0.29) is 6.03 Å². The first-order chi connectivity index (χ1) is 11.1. The summed E-state index contributed by atoms with van der Waals surface area (Å²) in [5, 5.41) is 10.4. The zero-order chi connectivity index (χ0) is 16.7. The maximum Gasteiger partial charge on any atom is 0.323 e. The molecular weight excluding hydrogens is 314 g/mol. The Morgan fingerprint density at radius 3 is 2.48 bits per heavy atom. The second kappa shape index (κ2) is 8.55. The second-order valence-electron chi connectivity index (χ2n) is 5.10. The summed E-state index contributed by atoms with van der Waals surface area (Å²) >= 11 is 5.81. The quantitative estimate of drug-likeness (QED) is 0.813. The summed E-state index contributed by atoms with van der Waals surface area (Å²) in [5.74, 6) is 0. The van der Waals surface area contributed by atoms with Crippen LogP contribution in [0.25, 0.3) is 0 Å². The first-order valence-electron chi connectivity index (χ1n) is 7.69. The highest BCUT2D eigenvalue weighted by molar-refractivity contribution is 6.30. The molecule has 1 aromatic carbocycles. The number of benzene rings is 1. The Morgan fingerprint density at radius 2 is 1.83 bits per heavy atom. The van der Waals surface area contributed by atoms with Crippen molar-refractivity contribution in [2.24, 2.45) is 0 Å². The molecule has 0 atom stereocenters. The van der Waals surface area contributed by atoms with Crippen LogP contribution < -0.4 is 10.6 Å². The first kappa shape index (κ1) is 17.3. The molecule has 6 nitrogen and oxygen atoms in total. The average Bonchev–Trinajstić information content (AvgIpc) is 2.98. The molecule has 0 saturated heterocycles. The predicted octanol–water partition coefficient (Wildman–Crippen LogP) is 3.52. The molecule has 0 aliphatic carbocycles. The number of nitrogens with zero attached hydrogens (tertiary/aromatic N) is 3. The van der Waals surface area contributed by atoms with Crippen LogP contribution in [-0.2, 0) is 6.54 Å². The Labute approximate surface area is 141 Å². The molecule has 0 aliphatic rings. The molecule has 0 radical (unpaired) electrons. The number of amides is 2. The van der Waals surface area contributed by atoms with Crippen LogP contribution >= 0.6 is 11.6 Å². The number of carbonyl (C=O) groups excluding carboxylic acids is 1. The van der Waals surface area contributed by atoms with Crippen molar-refractivity contribution < 1.29 is 4.79 Å². The van der Waals surface area contributed by atoms with Gasteiger partial charge in [-0.1, -0.05) is 25.4 Å². The van der Waals surface area contributed by atoms with Crippen LogP contribution in [0, 0.1) is 0 Å². The Bertz CT molecular complexity index is 622. The molecule has 0 bridgehead atoms. The van der Waals surface area contributed by atoms with Crippen molar-refractivity contribution in [1.82, 2.24) is 14.7 Å². The molecular formula is C16H22ClN5O. The van der Waals surface area contributed by atoms with Gasteiger partial charge in [-0.05, 0) is 37.4 Å². The lowest BCUT2D eigenvalue weighted by Gasteiger charge is -2.17. The average molecular weight is 336 g/mol. The van der Waals surface area contributed by atoms with Gasteiger partial charge in [-0.15, -0.1) is 0 Å². The van der Waals surface area contributed by atoms with Crippen molar-refractivity contribution in [3.05, 3.63) is 41.7 Å². The lowest BCUT2D eigenvalue weighted by Crippen LogP contribution is -2.27. The maximum absolute atomic E-state index is 11.9. The second-order valence-corrected chi connectivity index (χ2v) is 5.54. The van der Waals surface area contributed by atoms with E-state index in [0.29, 0.717) is 16.4 Å². The molecule has 0 fully saturated rings. The van der Waals surface area contributed by atoms with E-state index in [4.69, 9.17) is 11.6 Å². The Kier molecular flexibility index (Phi) is 6.43. The van der Waals surface area contributed by atoms with Gasteiger partial charge < -0.3 is 15.5 Å². The van der Waals surface area contributed by atoms with Crippen molar-refractivity contribution in [3.8, 4) is 0 Å². The Hall–Kier alpha value is -2.05. The molecule has 0 unspecified atom stereocenters. The van der Waals surface area contributed by atoms with Crippen LogP contribution in [0.4, 0.5) is 16.2 Å². The number of likely N-dealkylation sites (N-methyl/N-ethyl adjacent to an activating group) is 1. The maximum atomic E-state index is 11.9. The lowest BCUT2D eigenvalue weighted by molar-refractivity contribution is 0.262. The van der Waals surface area contributed by atoms with Crippen LogP contribution in [0.5, 0.6) is 0 Å². The van der Waals surface area contributed by atoms with Crippen LogP contribution in [-0.4, -0.2) is 40.3 Å². The summed E-state index contributed by atoms with van der Waals surface area (Å²) < 4.78 is 1.83. The van der Waals surface area contributed by atoms with Crippen LogP contribution in [0.15, 0.2) is 36.7 Å². The van der Waals surface area contributed by atoms with Gasteiger partial charge in [0.1, 0.15) is 0 Å². The van der Waals surface area contributed by atoms with E-state index in [0.717, 1.165) is 26.2 Å². The number of urea groups is 1. The Balaban J connectivity index is 1.83. The first-order valence-corrected chi connectivity index (χ1v) is 8.07. The van der Waals surface area contributed by atoms with Gasteiger partial charge in [0.15, 0.2) is 0 Å². The molecule has 124 valence electrons. The van der Waals surface area contributed by atoms with Crippen molar-refractivity contribution in [3.63, 3.8) is 0 Å². The normalized spacial score (nSPS) is 10.8. The number of anilines is 2. The smallest absolute Gasteiger partial charge is 0.308 e. The predicted molar refractivity (Wildman–Crippen MR) is 94.1 cm³/mol. The minimum absolute atomic E-state index is 0.310. The highest BCUT2D eigenvalue weighted by Gasteiger charge is 2.06. The summed E-state index contributed by atoms with van der Waals surface area (Å²) in [6, 6.07) is 6.63. The number of halogens is 1. The molecule has 0 aliphatic heterocycles. The van der Waals surface area contributed by atoms with Gasteiger partial charge in [0.2, 0.25) is 0 Å². The fraction of sp³-hybridized carbons (Fsp3) is 0.375. The lowest BCUT2D eigenvalue weighted by atomic mass is 10.3. The van der Waals surface area contributed by atoms with E-state index >= 15 is 0 Å². The van der Waals surface area contributed by atoms with Crippen LogP contribution in [0.3, 0.4) is 0 Å². The van der Waals surface area contributed by atoms with Gasteiger partial charge in [0.05, 0.1) is 18.4 Å². The fourth-order valence-electron chi connectivity index (χ4n) is 2.16. The minimum Gasteiger partial charge on any atom is -0.308 e. The van der Waals surface area contributed by atoms with E-state index in [1.54, 1.807) is 30.5 Å². The van der Waals surface area contributed by atoms with E-state index in [1.165, 1.54) is 0 Å². The van der Waals surface area contributed by atoms with E-state index < -0.39 is 0 Å². The van der Waals surface area contributed by atoms with Crippen LogP contribution in [0.1, 0.15) is 13.8 Å². The standard InChI is InChI=1S/C16H22ClN5O/c1-3-21(4-2)9-10-22-12-15(11-18-22)20-16(23)19-14-7-5-13(17)6-8-14/h5-8,11-12H,3-4,9-10H2,1-2H3,(H2,19,20,23). The number of hydrogen-bond donors (Lipinski definition) is 2. The summed E-state index contributed by atoms with van der Waals surface area (Å²) in [4.78, 5) is 14.3. The number of carbonyl (C=O) groups is 1. The third-order valence-electron chi connectivity index (χ3n) is 3.53. The molecule has 1 aromatic heterocycles. The molecule has 2 N–H and O–H groups in total. The van der Waals surface area contributed by atoms with Gasteiger partial charge in [-0.3, -0.25) is 4.68 Å². The minimum atomic E-state index is -0.310. The molecule has 23 heavy (non-hydrogen) atoms. The molecule has 0 spiro atoms. The van der Waals surface area contributed by atoms with Gasteiger partial charge in [0.25, 0.3) is 0 Å². The van der Waals surface area contributed by atoms with E-state index in [2.05, 4.69) is 34.5 Å². The molecule has 2 aromatic rings. The third-order valence-corrected chi connectivity index (χ3v) is 3.78. The van der Waals surface area contributed by atoms with Crippen molar-refractivity contribution in [1.29, 1.82) is 0 Å². The number of aromatic nitrogens is 2. The Morgan fingerprint density at radius 1 is 1.17 bits per heavy atom. The van der Waals surface area contributed by atoms with E-state index in [9.17, 15) is 4.79 Å². The van der Waals surface area contributed by atoms with Gasteiger partial charge in [0, 0.05) is 23.5 Å². The van der Waals surface area contributed by atoms with E-state index in [1.807, 2.05) is 10.9 Å². The molecule has 1 heterocycles. The largest absolute Gasteiger partial charge is 0.323 e. The summed E-state index contributed by atoms with van der Waals surface area (Å²) in [6.45, 7) is 8.05. The third kappa shape index (κ3) is 5.58. The monoisotopic (exact) mass is 335 g/mol. The molecule has 0 saturated carbocycles. The van der Waals surface area contributed by atoms with Gasteiger partial charge in [-0.2, -0.15) is 5.10 Å². The fourth-order valence-corrected chi connectivity index (χ4v) is 2.29. The van der Waals surface area contributed by atoms with Crippen molar-refractivity contribution >= 4 is 29.0 Å². The van der Waals surface area contributed by atoms with Gasteiger partial charge >= 0.3 is 6.03 Å². The number of hydrogen-bond acceptors (Lipinski definition) is 3. The SMILES string of the molecule is CCN(CC)CCn1cc(NC(=O)Nc2ccc(Cl)cc2)cn1. The molecule has 2 rings (SSSR count). The van der Waals surface area contributed by atoms with Crippen molar-refractivity contribution in [2.45, 2.75) is 20.4 Å².